The molecule has 1 heterocycles. The summed E-state index contributed by atoms with van der Waals surface area (Å²) < 4.78 is 7.96. The first-order valence-corrected chi connectivity index (χ1v) is 9.30. The van der Waals surface area contributed by atoms with Gasteiger partial charge in [0.15, 0.2) is 4.80 Å². The van der Waals surface area contributed by atoms with Crippen molar-refractivity contribution in [2.24, 2.45) is 4.99 Å². The van der Waals surface area contributed by atoms with E-state index in [0.717, 1.165) is 15.8 Å². The third kappa shape index (κ3) is 4.08. The molecule has 0 aliphatic rings. The lowest BCUT2D eigenvalue weighted by molar-refractivity contribution is -0.143. The normalized spacial score (nSPS) is 11.7. The number of thiazole rings is 1. The number of benzene rings is 2. The van der Waals surface area contributed by atoms with Crippen LogP contribution in [0.3, 0.4) is 0 Å². The Bertz CT molecular complexity index is 1000. The van der Waals surface area contributed by atoms with Gasteiger partial charge in [0.1, 0.15) is 0 Å². The van der Waals surface area contributed by atoms with Gasteiger partial charge in [-0.15, -0.1) is 0 Å². The van der Waals surface area contributed by atoms with E-state index in [1.54, 1.807) is 19.1 Å². The van der Waals surface area contributed by atoms with Gasteiger partial charge in [0.05, 0.1) is 23.2 Å². The van der Waals surface area contributed by atoms with Gasteiger partial charge in [-0.3, -0.25) is 9.59 Å². The third-order valence-electron chi connectivity index (χ3n) is 3.90. The zero-order chi connectivity index (χ0) is 18.5. The summed E-state index contributed by atoms with van der Waals surface area (Å²) in [6.07, 6.45) is 0.236. The zero-order valence-electron chi connectivity index (χ0n) is 14.8. The van der Waals surface area contributed by atoms with Crippen molar-refractivity contribution in [3.05, 3.63) is 64.5 Å². The van der Waals surface area contributed by atoms with Gasteiger partial charge in [-0.1, -0.05) is 35.6 Å². The highest BCUT2D eigenvalue weighted by Crippen LogP contribution is 2.19. The number of carbonyl (C=O) groups excluding carboxylic acids is 2. The lowest BCUT2D eigenvalue weighted by Gasteiger charge is -2.05. The molecular weight excluding hydrogens is 348 g/mol. The van der Waals surface area contributed by atoms with Gasteiger partial charge in [-0.25, -0.2) is 0 Å². The van der Waals surface area contributed by atoms with Crippen LogP contribution in [0.4, 0.5) is 0 Å². The summed E-state index contributed by atoms with van der Waals surface area (Å²) in [5.74, 6) is -0.550. The van der Waals surface area contributed by atoms with Gasteiger partial charge in [-0.2, -0.15) is 4.99 Å². The van der Waals surface area contributed by atoms with Crippen molar-refractivity contribution in [1.82, 2.24) is 4.57 Å². The Hall–Kier alpha value is -2.73. The third-order valence-corrected chi connectivity index (χ3v) is 4.94. The van der Waals surface area contributed by atoms with E-state index < -0.39 is 0 Å². The molecule has 0 N–H and O–H groups in total. The van der Waals surface area contributed by atoms with Crippen molar-refractivity contribution in [2.75, 3.05) is 6.61 Å². The number of hydrogen-bond acceptors (Lipinski definition) is 4. The molecule has 0 atom stereocenters. The predicted molar refractivity (Wildman–Crippen MR) is 102 cm³/mol. The summed E-state index contributed by atoms with van der Waals surface area (Å²) in [4.78, 5) is 29.1. The topological polar surface area (TPSA) is 60.7 Å². The van der Waals surface area contributed by atoms with E-state index >= 15 is 0 Å². The monoisotopic (exact) mass is 368 g/mol. The zero-order valence-corrected chi connectivity index (χ0v) is 15.6. The van der Waals surface area contributed by atoms with Crippen molar-refractivity contribution in [2.45, 2.75) is 26.8 Å². The Morgan fingerprint density at radius 2 is 1.92 bits per heavy atom. The molecule has 3 rings (SSSR count). The predicted octanol–water partition coefficient (Wildman–Crippen LogP) is 3.71. The molecule has 0 aliphatic heterocycles. The van der Waals surface area contributed by atoms with Crippen LogP contribution >= 0.6 is 11.3 Å². The molecule has 0 saturated carbocycles. The summed E-state index contributed by atoms with van der Waals surface area (Å²) in [5, 5.41) is 0. The molecule has 0 saturated heterocycles. The number of esters is 1. The van der Waals surface area contributed by atoms with Crippen molar-refractivity contribution < 1.29 is 14.3 Å². The van der Waals surface area contributed by atoms with Gasteiger partial charge < -0.3 is 9.30 Å². The number of hydrogen-bond donors (Lipinski definition) is 0. The van der Waals surface area contributed by atoms with E-state index in [2.05, 4.69) is 11.1 Å². The van der Waals surface area contributed by atoms with E-state index in [4.69, 9.17) is 4.74 Å². The van der Waals surface area contributed by atoms with Crippen LogP contribution in [0.25, 0.3) is 10.2 Å². The molecule has 6 heteroatoms. The van der Waals surface area contributed by atoms with Gasteiger partial charge in [0.25, 0.3) is 5.91 Å². The summed E-state index contributed by atoms with van der Waals surface area (Å²) >= 11 is 1.45. The van der Waals surface area contributed by atoms with Crippen LogP contribution in [-0.4, -0.2) is 23.1 Å². The molecule has 2 aromatic carbocycles. The van der Waals surface area contributed by atoms with E-state index in [9.17, 15) is 9.59 Å². The molecule has 26 heavy (non-hydrogen) atoms. The average Bonchev–Trinajstić information content (AvgIpc) is 2.97. The molecule has 3 aromatic rings. The second-order valence-corrected chi connectivity index (χ2v) is 6.85. The van der Waals surface area contributed by atoms with Crippen LogP contribution in [0.1, 0.15) is 29.3 Å². The largest absolute Gasteiger partial charge is 0.466 e. The smallest absolute Gasteiger partial charge is 0.307 e. The highest BCUT2D eigenvalue weighted by atomic mass is 32.1. The number of carbonyl (C=O) groups is 2. The molecular formula is C20H20N2O3S. The highest BCUT2D eigenvalue weighted by molar-refractivity contribution is 7.16. The Morgan fingerprint density at radius 1 is 1.15 bits per heavy atom. The Kier molecular flexibility index (Phi) is 5.63. The minimum absolute atomic E-state index is 0.236. The van der Waals surface area contributed by atoms with Crippen molar-refractivity contribution in [1.29, 1.82) is 0 Å². The van der Waals surface area contributed by atoms with E-state index in [1.807, 2.05) is 41.8 Å². The van der Waals surface area contributed by atoms with Crippen LogP contribution in [0.5, 0.6) is 0 Å². The minimum atomic E-state index is -0.293. The van der Waals surface area contributed by atoms with Crippen LogP contribution in [0.15, 0.2) is 53.5 Å². The second-order valence-electron chi connectivity index (χ2n) is 5.85. The molecule has 134 valence electrons. The van der Waals surface area contributed by atoms with Crippen molar-refractivity contribution in [3.8, 4) is 0 Å². The minimum Gasteiger partial charge on any atom is -0.466 e. The van der Waals surface area contributed by atoms with Gasteiger partial charge in [-0.05, 0) is 43.7 Å². The summed E-state index contributed by atoms with van der Waals surface area (Å²) in [6.45, 7) is 4.58. The van der Waals surface area contributed by atoms with Crippen LogP contribution in [0.2, 0.25) is 0 Å². The molecule has 1 amide bonds. The number of fused-ring (bicyclic) bond motifs is 1. The molecule has 0 bridgehead atoms. The molecule has 1 aromatic heterocycles. The van der Waals surface area contributed by atoms with Crippen molar-refractivity contribution in [3.63, 3.8) is 0 Å². The van der Waals surface area contributed by atoms with E-state index in [1.165, 1.54) is 11.3 Å². The lowest BCUT2D eigenvalue weighted by Crippen LogP contribution is -2.19. The summed E-state index contributed by atoms with van der Waals surface area (Å²) in [5.41, 5.74) is 2.64. The summed E-state index contributed by atoms with van der Waals surface area (Å²) in [7, 11) is 0. The lowest BCUT2D eigenvalue weighted by atomic mass is 10.2. The molecule has 5 nitrogen and oxygen atoms in total. The number of aromatic nitrogens is 1. The van der Waals surface area contributed by atoms with E-state index in [0.29, 0.717) is 23.5 Å². The van der Waals surface area contributed by atoms with Gasteiger partial charge in [0, 0.05) is 12.1 Å². The van der Waals surface area contributed by atoms with Gasteiger partial charge >= 0.3 is 5.97 Å². The SMILES string of the molecule is CCOC(=O)CCn1c(=NC(=O)c2ccccc2)sc2cc(C)ccc21. The number of rotatable bonds is 5. The molecule has 0 aliphatic carbocycles. The van der Waals surface area contributed by atoms with Gasteiger partial charge in [0.2, 0.25) is 0 Å². The maximum absolute atomic E-state index is 12.5. The highest BCUT2D eigenvalue weighted by Gasteiger charge is 2.11. The fourth-order valence-electron chi connectivity index (χ4n) is 2.65. The number of amides is 1. The Labute approximate surface area is 155 Å². The molecule has 0 fully saturated rings. The maximum Gasteiger partial charge on any atom is 0.307 e. The Morgan fingerprint density at radius 3 is 2.65 bits per heavy atom. The Balaban J connectivity index is 2.02. The summed E-state index contributed by atoms with van der Waals surface area (Å²) in [6, 6.07) is 15.0. The fraction of sp³-hybridized carbons (Fsp3) is 0.250. The number of aryl methyl sites for hydroxylation is 2. The van der Waals surface area contributed by atoms with Crippen LogP contribution in [-0.2, 0) is 16.1 Å². The average molecular weight is 368 g/mol. The molecule has 0 unspecified atom stereocenters. The quantitative estimate of drug-likeness (QED) is 0.645. The molecule has 0 spiro atoms. The molecule has 0 radical (unpaired) electrons. The first-order valence-electron chi connectivity index (χ1n) is 8.48. The first-order chi connectivity index (χ1) is 12.6. The standard InChI is InChI=1S/C20H20N2O3S/c1-3-25-18(23)11-12-22-16-10-9-14(2)13-17(16)26-20(22)21-19(24)15-7-5-4-6-8-15/h4-10,13H,3,11-12H2,1-2H3. The second kappa shape index (κ2) is 8.10. The number of nitrogens with zero attached hydrogens (tertiary/aromatic N) is 2. The first kappa shape index (κ1) is 18.1. The van der Waals surface area contributed by atoms with Crippen LogP contribution < -0.4 is 4.80 Å². The van der Waals surface area contributed by atoms with Crippen molar-refractivity contribution >= 4 is 33.4 Å². The maximum atomic E-state index is 12.5. The number of ether oxygens (including phenoxy) is 1. The van der Waals surface area contributed by atoms with Crippen LogP contribution in [0, 0.1) is 6.92 Å². The van der Waals surface area contributed by atoms with E-state index in [-0.39, 0.29) is 18.3 Å². The fourth-order valence-corrected chi connectivity index (χ4v) is 3.80.